The molecular formula is C22H21N5OS. The zero-order valence-electron chi connectivity index (χ0n) is 15.9. The van der Waals surface area contributed by atoms with Crippen LogP contribution in [0.1, 0.15) is 31.7 Å². The van der Waals surface area contributed by atoms with E-state index in [4.69, 9.17) is 15.6 Å². The molecule has 2 N–H and O–H groups in total. The third kappa shape index (κ3) is 3.53. The molecule has 0 aliphatic heterocycles. The van der Waals surface area contributed by atoms with Gasteiger partial charge in [0.1, 0.15) is 28.7 Å². The summed E-state index contributed by atoms with van der Waals surface area (Å²) in [6, 6.07) is 18.1. The number of ether oxygens (including phenoxy) is 1. The molecule has 0 saturated heterocycles. The molecule has 0 amide bonds. The number of aromatic nitrogens is 4. The zero-order valence-corrected chi connectivity index (χ0v) is 16.7. The molecule has 0 unspecified atom stereocenters. The molecule has 1 aliphatic carbocycles. The number of hydrogen-bond acceptors (Lipinski definition) is 6. The molecule has 0 radical (unpaired) electrons. The van der Waals surface area contributed by atoms with E-state index in [9.17, 15) is 0 Å². The molecule has 1 saturated carbocycles. The first-order valence-electron chi connectivity index (χ1n) is 9.78. The van der Waals surface area contributed by atoms with Crippen molar-refractivity contribution in [3.05, 3.63) is 60.9 Å². The second-order valence-corrected chi connectivity index (χ2v) is 8.14. The van der Waals surface area contributed by atoms with Crippen LogP contribution < -0.4 is 10.5 Å². The van der Waals surface area contributed by atoms with Gasteiger partial charge in [0, 0.05) is 0 Å². The van der Waals surface area contributed by atoms with Crippen molar-refractivity contribution < 1.29 is 4.74 Å². The van der Waals surface area contributed by atoms with Gasteiger partial charge in [-0.25, -0.2) is 14.6 Å². The molecular weight excluding hydrogens is 382 g/mol. The van der Waals surface area contributed by atoms with Crippen LogP contribution in [0, 0.1) is 0 Å². The van der Waals surface area contributed by atoms with E-state index in [0.717, 1.165) is 45.3 Å². The van der Waals surface area contributed by atoms with Gasteiger partial charge in [0.15, 0.2) is 5.65 Å². The molecule has 2 heterocycles. The van der Waals surface area contributed by atoms with Gasteiger partial charge in [-0.05, 0) is 37.1 Å². The Morgan fingerprint density at radius 1 is 0.966 bits per heavy atom. The first-order chi connectivity index (χ1) is 14.3. The Morgan fingerprint density at radius 2 is 1.72 bits per heavy atom. The molecule has 2 aromatic carbocycles. The number of nitrogens with zero attached hydrogens (tertiary/aromatic N) is 4. The highest BCUT2D eigenvalue weighted by atomic mass is 32.2. The zero-order chi connectivity index (χ0) is 19.6. The van der Waals surface area contributed by atoms with Crippen LogP contribution >= 0.6 is 11.8 Å². The predicted molar refractivity (Wildman–Crippen MR) is 114 cm³/mol. The van der Waals surface area contributed by atoms with Crippen LogP contribution in [-0.4, -0.2) is 19.7 Å². The Balaban J connectivity index is 1.54. The summed E-state index contributed by atoms with van der Waals surface area (Å²) in [5.74, 6) is 2.04. The third-order valence-electron chi connectivity index (χ3n) is 5.18. The molecule has 6 nitrogen and oxygen atoms in total. The van der Waals surface area contributed by atoms with Crippen LogP contribution in [0.4, 0.5) is 5.82 Å². The highest BCUT2D eigenvalue weighted by Crippen LogP contribution is 2.41. The molecule has 0 spiro atoms. The second-order valence-electron chi connectivity index (χ2n) is 7.11. The number of nitrogen functional groups attached to an aromatic ring is 1. The van der Waals surface area contributed by atoms with E-state index in [1.807, 2.05) is 59.3 Å². The van der Waals surface area contributed by atoms with Crippen LogP contribution in [0.5, 0.6) is 11.5 Å². The van der Waals surface area contributed by atoms with Crippen LogP contribution in [0.3, 0.4) is 0 Å². The molecule has 1 aliphatic rings. The molecule has 7 heteroatoms. The Bertz CT molecular complexity index is 1140. The monoisotopic (exact) mass is 403 g/mol. The Hall–Kier alpha value is -3.06. The van der Waals surface area contributed by atoms with E-state index in [-0.39, 0.29) is 0 Å². The van der Waals surface area contributed by atoms with Gasteiger partial charge in [0.25, 0.3) is 0 Å². The van der Waals surface area contributed by atoms with E-state index >= 15 is 0 Å². The average molecular weight is 404 g/mol. The number of fused-ring (bicyclic) bond motifs is 1. The molecule has 4 aromatic rings. The van der Waals surface area contributed by atoms with Crippen LogP contribution in [-0.2, 0) is 0 Å². The summed E-state index contributed by atoms with van der Waals surface area (Å²) < 4.78 is 8.16. The minimum Gasteiger partial charge on any atom is -0.456 e. The quantitative estimate of drug-likeness (QED) is 0.476. The van der Waals surface area contributed by atoms with Crippen molar-refractivity contribution >= 4 is 28.6 Å². The molecule has 0 atom stereocenters. The van der Waals surface area contributed by atoms with E-state index in [1.54, 1.807) is 0 Å². The number of para-hydroxylation sites is 2. The maximum absolute atomic E-state index is 6.24. The number of nitrogens with two attached hydrogens (primary N) is 1. The smallest absolute Gasteiger partial charge is 0.164 e. The summed E-state index contributed by atoms with van der Waals surface area (Å²) in [6.45, 7) is 0. The van der Waals surface area contributed by atoms with E-state index < -0.39 is 0 Å². The number of rotatable bonds is 5. The van der Waals surface area contributed by atoms with Crippen molar-refractivity contribution in [2.75, 3.05) is 5.73 Å². The van der Waals surface area contributed by atoms with E-state index in [1.165, 1.54) is 30.9 Å². The van der Waals surface area contributed by atoms with Gasteiger partial charge in [0.05, 0.1) is 16.3 Å². The third-order valence-corrected chi connectivity index (χ3v) is 6.22. The first kappa shape index (κ1) is 18.0. The standard InChI is InChI=1S/C22H21N5OS/c23-20-19-21(25-14-24-20)27(15-8-4-5-9-15)26-22(19)29-18-13-7-6-12-17(18)28-16-10-2-1-3-11-16/h1-3,6-7,10-15H,4-5,8-9H2,(H2,23,24,25). The molecule has 2 aromatic heterocycles. The summed E-state index contributed by atoms with van der Waals surface area (Å²) in [7, 11) is 0. The number of hydrogen-bond donors (Lipinski definition) is 1. The lowest BCUT2D eigenvalue weighted by molar-refractivity contribution is 0.468. The summed E-state index contributed by atoms with van der Waals surface area (Å²) in [5, 5.41) is 6.55. The summed E-state index contributed by atoms with van der Waals surface area (Å²) in [4.78, 5) is 9.68. The largest absolute Gasteiger partial charge is 0.456 e. The Morgan fingerprint density at radius 3 is 2.55 bits per heavy atom. The van der Waals surface area contributed by atoms with Crippen molar-refractivity contribution in [1.82, 2.24) is 19.7 Å². The normalized spacial score (nSPS) is 14.5. The van der Waals surface area contributed by atoms with Gasteiger partial charge < -0.3 is 10.5 Å². The van der Waals surface area contributed by atoms with Gasteiger partial charge in [-0.15, -0.1) is 0 Å². The molecule has 1 fully saturated rings. The molecule has 29 heavy (non-hydrogen) atoms. The van der Waals surface area contributed by atoms with Crippen molar-refractivity contribution in [3.63, 3.8) is 0 Å². The predicted octanol–water partition coefficient (Wildman–Crippen LogP) is 5.47. The van der Waals surface area contributed by atoms with Crippen molar-refractivity contribution in [1.29, 1.82) is 0 Å². The lowest BCUT2D eigenvalue weighted by Gasteiger charge is -2.10. The van der Waals surface area contributed by atoms with Gasteiger partial charge >= 0.3 is 0 Å². The minimum absolute atomic E-state index is 0.372. The molecule has 146 valence electrons. The SMILES string of the molecule is Nc1ncnc2c1c(Sc1ccccc1Oc1ccccc1)nn2C1CCCC1. The van der Waals surface area contributed by atoms with E-state index in [0.29, 0.717) is 11.9 Å². The fourth-order valence-electron chi connectivity index (χ4n) is 3.78. The lowest BCUT2D eigenvalue weighted by Crippen LogP contribution is -2.07. The van der Waals surface area contributed by atoms with Crippen molar-refractivity contribution in [2.45, 2.75) is 41.6 Å². The first-order valence-corrected chi connectivity index (χ1v) is 10.6. The summed E-state index contributed by atoms with van der Waals surface area (Å²) >= 11 is 1.54. The number of benzene rings is 2. The van der Waals surface area contributed by atoms with Crippen LogP contribution in [0.15, 0.2) is 70.8 Å². The van der Waals surface area contributed by atoms with E-state index in [2.05, 4.69) is 9.97 Å². The van der Waals surface area contributed by atoms with Gasteiger partial charge in [-0.3, -0.25) is 0 Å². The van der Waals surface area contributed by atoms with Gasteiger partial charge in [-0.2, -0.15) is 5.10 Å². The number of anilines is 1. The second kappa shape index (κ2) is 7.75. The highest BCUT2D eigenvalue weighted by Gasteiger charge is 2.24. The average Bonchev–Trinajstić information content (AvgIpc) is 3.39. The fourth-order valence-corrected chi connectivity index (χ4v) is 4.77. The topological polar surface area (TPSA) is 78.8 Å². The maximum atomic E-state index is 6.24. The van der Waals surface area contributed by atoms with Crippen molar-refractivity contribution in [3.8, 4) is 11.5 Å². The minimum atomic E-state index is 0.372. The highest BCUT2D eigenvalue weighted by molar-refractivity contribution is 7.99. The lowest BCUT2D eigenvalue weighted by atomic mass is 10.2. The van der Waals surface area contributed by atoms with Gasteiger partial charge in [0.2, 0.25) is 0 Å². The fraction of sp³-hybridized carbons (Fsp3) is 0.227. The Kier molecular flexibility index (Phi) is 4.81. The molecule has 5 rings (SSSR count). The molecule has 0 bridgehead atoms. The summed E-state index contributed by atoms with van der Waals surface area (Å²) in [6.07, 6.45) is 6.22. The Labute approximate surface area is 173 Å². The van der Waals surface area contributed by atoms with Crippen molar-refractivity contribution in [2.24, 2.45) is 0 Å². The van der Waals surface area contributed by atoms with Crippen LogP contribution in [0.2, 0.25) is 0 Å². The van der Waals surface area contributed by atoms with Gasteiger partial charge in [-0.1, -0.05) is 54.9 Å². The maximum Gasteiger partial charge on any atom is 0.164 e. The van der Waals surface area contributed by atoms with Crippen LogP contribution in [0.25, 0.3) is 11.0 Å². The summed E-state index contributed by atoms with van der Waals surface area (Å²) in [5.41, 5.74) is 7.05.